The molecule has 0 aliphatic heterocycles. The Hall–Kier alpha value is -0.570. The van der Waals surface area contributed by atoms with Crippen molar-refractivity contribution in [2.75, 3.05) is 13.1 Å². The predicted molar refractivity (Wildman–Crippen MR) is 49.0 cm³/mol. The van der Waals surface area contributed by atoms with Gasteiger partial charge in [-0.2, -0.15) is 0 Å². The Balaban J connectivity index is 3.32. The third-order valence-corrected chi connectivity index (χ3v) is 1.48. The van der Waals surface area contributed by atoms with Crippen molar-refractivity contribution in [3.05, 3.63) is 0 Å². The number of esters is 1. The summed E-state index contributed by atoms with van der Waals surface area (Å²) in [4.78, 5) is 10.8. The molecule has 3 heteroatoms. The van der Waals surface area contributed by atoms with Gasteiger partial charge in [-0.3, -0.25) is 4.79 Å². The molecule has 12 heavy (non-hydrogen) atoms. The molecule has 0 aromatic carbocycles. The summed E-state index contributed by atoms with van der Waals surface area (Å²) in [6, 6.07) is 0. The van der Waals surface area contributed by atoms with Crippen molar-refractivity contribution in [2.24, 2.45) is 0 Å². The lowest BCUT2D eigenvalue weighted by Gasteiger charge is -2.12. The molecule has 0 aromatic heterocycles. The van der Waals surface area contributed by atoms with E-state index in [4.69, 9.17) is 4.74 Å². The molecule has 0 aliphatic carbocycles. The third kappa shape index (κ3) is 6.16. The van der Waals surface area contributed by atoms with Crippen molar-refractivity contribution in [3.63, 3.8) is 0 Å². The maximum absolute atomic E-state index is 10.8. The van der Waals surface area contributed by atoms with Gasteiger partial charge < -0.3 is 10.1 Å². The van der Waals surface area contributed by atoms with Crippen LogP contribution in [0.3, 0.4) is 0 Å². The Labute approximate surface area is 74.5 Å². The molecule has 0 radical (unpaired) electrons. The fourth-order valence-electron chi connectivity index (χ4n) is 0.831. The van der Waals surface area contributed by atoms with Crippen LogP contribution in [0.25, 0.3) is 0 Å². The van der Waals surface area contributed by atoms with E-state index in [9.17, 15) is 4.79 Å². The van der Waals surface area contributed by atoms with Gasteiger partial charge in [0.25, 0.3) is 0 Å². The molecule has 1 N–H and O–H groups in total. The highest BCUT2D eigenvalue weighted by molar-refractivity contribution is 5.69. The van der Waals surface area contributed by atoms with Gasteiger partial charge in [-0.1, -0.05) is 13.8 Å². The highest BCUT2D eigenvalue weighted by Gasteiger charge is 2.05. The maximum Gasteiger partial charge on any atom is 0.305 e. The fourth-order valence-corrected chi connectivity index (χ4v) is 0.831. The van der Waals surface area contributed by atoms with E-state index in [0.29, 0.717) is 6.42 Å². The minimum Gasteiger partial charge on any atom is -0.461 e. The molecule has 0 fully saturated rings. The van der Waals surface area contributed by atoms with Crippen molar-refractivity contribution >= 4 is 5.97 Å². The van der Waals surface area contributed by atoms with Gasteiger partial charge in [0.15, 0.2) is 0 Å². The molecule has 0 rings (SSSR count). The molecule has 1 atom stereocenters. The van der Waals surface area contributed by atoms with E-state index in [1.165, 1.54) is 0 Å². The topological polar surface area (TPSA) is 38.3 Å². The first-order chi connectivity index (χ1) is 5.70. The largest absolute Gasteiger partial charge is 0.461 e. The summed E-state index contributed by atoms with van der Waals surface area (Å²) >= 11 is 0. The maximum atomic E-state index is 10.8. The van der Waals surface area contributed by atoms with Crippen LogP contribution in [0, 0.1) is 0 Å². The molecule has 0 amide bonds. The van der Waals surface area contributed by atoms with Gasteiger partial charge in [0.2, 0.25) is 0 Å². The minimum atomic E-state index is -0.124. The zero-order valence-corrected chi connectivity index (χ0v) is 8.22. The van der Waals surface area contributed by atoms with Crippen molar-refractivity contribution in [3.8, 4) is 0 Å². The summed E-state index contributed by atoms with van der Waals surface area (Å²) in [7, 11) is 0. The first-order valence-corrected chi connectivity index (χ1v) is 4.60. The summed E-state index contributed by atoms with van der Waals surface area (Å²) in [5.74, 6) is -0.124. The monoisotopic (exact) mass is 173 g/mol. The second kappa shape index (κ2) is 7.10. The Morgan fingerprint density at radius 1 is 1.50 bits per heavy atom. The predicted octanol–water partition coefficient (Wildman–Crippen LogP) is 1.33. The minimum absolute atomic E-state index is 0.0102. The van der Waals surface area contributed by atoms with Gasteiger partial charge in [-0.05, 0) is 19.9 Å². The highest BCUT2D eigenvalue weighted by Crippen LogP contribution is 1.92. The van der Waals surface area contributed by atoms with Gasteiger partial charge in [-0.15, -0.1) is 0 Å². The van der Waals surface area contributed by atoms with Crippen LogP contribution in [-0.4, -0.2) is 25.2 Å². The van der Waals surface area contributed by atoms with Crippen LogP contribution in [0.4, 0.5) is 0 Å². The lowest BCUT2D eigenvalue weighted by Crippen LogP contribution is -2.29. The van der Waals surface area contributed by atoms with E-state index in [0.717, 1.165) is 19.5 Å². The number of hydrogen-bond donors (Lipinski definition) is 1. The van der Waals surface area contributed by atoms with Crippen molar-refractivity contribution in [1.82, 2.24) is 5.32 Å². The normalized spacial score (nSPS) is 12.6. The van der Waals surface area contributed by atoms with Gasteiger partial charge in [0.1, 0.15) is 6.10 Å². The van der Waals surface area contributed by atoms with Crippen molar-refractivity contribution in [1.29, 1.82) is 0 Å². The van der Waals surface area contributed by atoms with Crippen LogP contribution >= 0.6 is 0 Å². The standard InChI is InChI=1S/C9H19NO2/c1-4-6-10-7-8(3)12-9(11)5-2/h8,10H,4-7H2,1-3H3. The Bertz CT molecular complexity index is 126. The van der Waals surface area contributed by atoms with Gasteiger partial charge >= 0.3 is 5.97 Å². The first kappa shape index (κ1) is 11.4. The van der Waals surface area contributed by atoms with Crippen LogP contribution < -0.4 is 5.32 Å². The quantitative estimate of drug-likeness (QED) is 0.486. The van der Waals surface area contributed by atoms with Gasteiger partial charge in [-0.25, -0.2) is 0 Å². The van der Waals surface area contributed by atoms with Gasteiger partial charge in [0.05, 0.1) is 0 Å². The van der Waals surface area contributed by atoms with Crippen LogP contribution in [0.5, 0.6) is 0 Å². The van der Waals surface area contributed by atoms with Crippen LogP contribution in [0.1, 0.15) is 33.6 Å². The first-order valence-electron chi connectivity index (χ1n) is 4.60. The van der Waals surface area contributed by atoms with Crippen molar-refractivity contribution in [2.45, 2.75) is 39.7 Å². The molecule has 72 valence electrons. The summed E-state index contributed by atoms with van der Waals surface area (Å²) in [5.41, 5.74) is 0. The molecule has 3 nitrogen and oxygen atoms in total. The average Bonchev–Trinajstić information content (AvgIpc) is 2.05. The molecule has 1 unspecified atom stereocenters. The molecule has 0 heterocycles. The summed E-state index contributed by atoms with van der Waals surface area (Å²) < 4.78 is 5.04. The summed E-state index contributed by atoms with van der Waals surface area (Å²) in [6.45, 7) is 7.54. The second-order valence-corrected chi connectivity index (χ2v) is 2.86. The molecular weight excluding hydrogens is 154 g/mol. The smallest absolute Gasteiger partial charge is 0.305 e. The lowest BCUT2D eigenvalue weighted by atomic mass is 10.3. The van der Waals surface area contributed by atoms with E-state index in [-0.39, 0.29) is 12.1 Å². The van der Waals surface area contributed by atoms with Crippen LogP contribution in [-0.2, 0) is 9.53 Å². The van der Waals surface area contributed by atoms with Crippen molar-refractivity contribution < 1.29 is 9.53 Å². The Morgan fingerprint density at radius 2 is 2.17 bits per heavy atom. The van der Waals surface area contributed by atoms with Gasteiger partial charge in [0, 0.05) is 13.0 Å². The third-order valence-electron chi connectivity index (χ3n) is 1.48. The summed E-state index contributed by atoms with van der Waals surface area (Å²) in [6.07, 6.45) is 1.55. The Morgan fingerprint density at radius 3 is 2.67 bits per heavy atom. The molecule has 0 aliphatic rings. The fraction of sp³-hybridized carbons (Fsp3) is 0.889. The van der Waals surface area contributed by atoms with E-state index >= 15 is 0 Å². The van der Waals surface area contributed by atoms with Crippen LogP contribution in [0.15, 0.2) is 0 Å². The SMILES string of the molecule is CCCNCC(C)OC(=O)CC. The average molecular weight is 173 g/mol. The molecule has 0 saturated heterocycles. The number of carbonyl (C=O) groups excluding carboxylic acids is 1. The second-order valence-electron chi connectivity index (χ2n) is 2.86. The lowest BCUT2D eigenvalue weighted by molar-refractivity contribution is -0.147. The highest BCUT2D eigenvalue weighted by atomic mass is 16.5. The van der Waals surface area contributed by atoms with E-state index in [2.05, 4.69) is 12.2 Å². The molecule has 0 bridgehead atoms. The number of rotatable bonds is 6. The molecule has 0 saturated carbocycles. The number of nitrogens with one attached hydrogen (secondary N) is 1. The number of ether oxygens (including phenoxy) is 1. The summed E-state index contributed by atoms with van der Waals surface area (Å²) in [5, 5.41) is 3.19. The molecule has 0 aromatic rings. The molecule has 0 spiro atoms. The van der Waals surface area contributed by atoms with E-state index in [1.807, 2.05) is 6.92 Å². The van der Waals surface area contributed by atoms with E-state index < -0.39 is 0 Å². The zero-order valence-electron chi connectivity index (χ0n) is 8.22. The zero-order chi connectivity index (χ0) is 9.40. The number of hydrogen-bond acceptors (Lipinski definition) is 3. The van der Waals surface area contributed by atoms with E-state index in [1.54, 1.807) is 6.92 Å². The Kier molecular flexibility index (Phi) is 6.76. The number of carbonyl (C=O) groups is 1. The van der Waals surface area contributed by atoms with Crippen LogP contribution in [0.2, 0.25) is 0 Å². The molecular formula is C9H19NO2.